The topological polar surface area (TPSA) is 84.5 Å². The summed E-state index contributed by atoms with van der Waals surface area (Å²) in [5, 5.41) is 2.76. The summed E-state index contributed by atoms with van der Waals surface area (Å²) >= 11 is 2.10. The van der Waals surface area contributed by atoms with Crippen molar-refractivity contribution in [1.82, 2.24) is 4.72 Å². The lowest BCUT2D eigenvalue weighted by molar-refractivity contribution is 0.102. The summed E-state index contributed by atoms with van der Waals surface area (Å²) in [5.74, 6) is 0.421. The Morgan fingerprint density at radius 1 is 1.19 bits per heavy atom. The molecule has 2 N–H and O–H groups in total. The van der Waals surface area contributed by atoms with Crippen LogP contribution in [0.1, 0.15) is 30.6 Å². The van der Waals surface area contributed by atoms with Crippen molar-refractivity contribution in [2.75, 3.05) is 12.4 Å². The van der Waals surface area contributed by atoms with Gasteiger partial charge in [-0.15, -0.1) is 0 Å². The maximum absolute atomic E-state index is 12.3. The molecule has 8 heteroatoms. The Morgan fingerprint density at radius 3 is 2.38 bits per heavy atom. The van der Waals surface area contributed by atoms with Gasteiger partial charge in [0.15, 0.2) is 0 Å². The maximum atomic E-state index is 12.3. The van der Waals surface area contributed by atoms with Gasteiger partial charge in [0.25, 0.3) is 5.91 Å². The highest BCUT2D eigenvalue weighted by atomic mass is 127. The zero-order chi connectivity index (χ0) is 19.3. The zero-order valence-corrected chi connectivity index (χ0v) is 17.7. The van der Waals surface area contributed by atoms with Gasteiger partial charge in [0.05, 0.1) is 15.6 Å². The number of hydrogen-bond acceptors (Lipinski definition) is 4. The van der Waals surface area contributed by atoms with Gasteiger partial charge in [0.1, 0.15) is 5.75 Å². The third kappa shape index (κ3) is 5.18. The third-order valence-electron chi connectivity index (χ3n) is 3.81. The van der Waals surface area contributed by atoms with Crippen LogP contribution in [0.3, 0.4) is 0 Å². The van der Waals surface area contributed by atoms with Crippen LogP contribution in [-0.2, 0) is 10.0 Å². The minimum absolute atomic E-state index is 0.142. The van der Waals surface area contributed by atoms with Gasteiger partial charge in [-0.05, 0) is 78.4 Å². The van der Waals surface area contributed by atoms with E-state index in [4.69, 9.17) is 4.74 Å². The van der Waals surface area contributed by atoms with Crippen molar-refractivity contribution in [2.24, 2.45) is 0 Å². The highest BCUT2D eigenvalue weighted by Gasteiger charge is 2.16. The van der Waals surface area contributed by atoms with E-state index in [1.165, 1.54) is 12.1 Å². The summed E-state index contributed by atoms with van der Waals surface area (Å²) < 4.78 is 33.1. The normalized spacial score (nSPS) is 12.5. The monoisotopic (exact) mass is 488 g/mol. The summed E-state index contributed by atoms with van der Waals surface area (Å²) in [7, 11) is -1.99. The molecule has 0 saturated heterocycles. The molecule has 140 valence electrons. The standard InChI is InChI=1S/C18H21IN2O4S/c1-4-12(2)21-26(23,24)15-8-6-14(7-9-15)20-18(22)13-5-10-17(25-3)16(19)11-13/h5-12,21H,4H2,1-3H3,(H,20,22). The van der Waals surface area contributed by atoms with Crippen LogP contribution in [-0.4, -0.2) is 27.5 Å². The number of benzene rings is 2. The van der Waals surface area contributed by atoms with Crippen molar-refractivity contribution in [3.05, 3.63) is 51.6 Å². The average molecular weight is 488 g/mol. The molecule has 0 aliphatic rings. The first-order chi connectivity index (χ1) is 12.3. The van der Waals surface area contributed by atoms with Gasteiger partial charge in [0.2, 0.25) is 10.0 Å². The van der Waals surface area contributed by atoms with E-state index in [0.29, 0.717) is 23.4 Å². The fourth-order valence-corrected chi connectivity index (χ4v) is 4.21. The molecule has 0 heterocycles. The second-order valence-electron chi connectivity index (χ2n) is 5.76. The predicted octanol–water partition coefficient (Wildman–Crippen LogP) is 3.63. The molecule has 1 atom stereocenters. The lowest BCUT2D eigenvalue weighted by Crippen LogP contribution is -2.31. The van der Waals surface area contributed by atoms with E-state index in [2.05, 4.69) is 32.6 Å². The number of carbonyl (C=O) groups excluding carboxylic acids is 1. The number of hydrogen-bond donors (Lipinski definition) is 2. The number of halogens is 1. The molecule has 1 unspecified atom stereocenters. The molecule has 2 rings (SSSR count). The Bertz CT molecular complexity index is 883. The second kappa shape index (κ2) is 8.83. The van der Waals surface area contributed by atoms with Gasteiger partial charge in [-0.25, -0.2) is 13.1 Å². The number of amides is 1. The Labute approximate surface area is 167 Å². The first-order valence-electron chi connectivity index (χ1n) is 8.04. The Balaban J connectivity index is 2.11. The van der Waals surface area contributed by atoms with Crippen molar-refractivity contribution in [1.29, 1.82) is 0 Å². The fourth-order valence-electron chi connectivity index (χ4n) is 2.14. The van der Waals surface area contributed by atoms with Crippen molar-refractivity contribution in [3.8, 4) is 5.75 Å². The highest BCUT2D eigenvalue weighted by Crippen LogP contribution is 2.22. The number of nitrogens with one attached hydrogen (secondary N) is 2. The summed E-state index contributed by atoms with van der Waals surface area (Å²) in [6.07, 6.45) is 0.702. The van der Waals surface area contributed by atoms with Crippen LogP contribution in [0.5, 0.6) is 5.75 Å². The number of rotatable bonds is 7. The summed E-state index contributed by atoms with van der Waals surface area (Å²) in [4.78, 5) is 12.5. The van der Waals surface area contributed by atoms with Crippen molar-refractivity contribution < 1.29 is 17.9 Å². The fraction of sp³-hybridized carbons (Fsp3) is 0.278. The first-order valence-corrected chi connectivity index (χ1v) is 10.6. The molecule has 6 nitrogen and oxygen atoms in total. The zero-order valence-electron chi connectivity index (χ0n) is 14.7. The highest BCUT2D eigenvalue weighted by molar-refractivity contribution is 14.1. The van der Waals surface area contributed by atoms with Crippen LogP contribution in [0, 0.1) is 3.57 Å². The van der Waals surface area contributed by atoms with Gasteiger partial charge >= 0.3 is 0 Å². The molecule has 2 aromatic rings. The van der Waals surface area contributed by atoms with E-state index in [0.717, 1.165) is 3.57 Å². The van der Waals surface area contributed by atoms with Crippen LogP contribution in [0.25, 0.3) is 0 Å². The summed E-state index contributed by atoms with van der Waals surface area (Å²) in [5.41, 5.74) is 1.01. The van der Waals surface area contributed by atoms with E-state index in [9.17, 15) is 13.2 Å². The van der Waals surface area contributed by atoms with Gasteiger partial charge in [-0.2, -0.15) is 0 Å². The van der Waals surface area contributed by atoms with Gasteiger partial charge < -0.3 is 10.1 Å². The van der Waals surface area contributed by atoms with Gasteiger partial charge in [0, 0.05) is 17.3 Å². The Morgan fingerprint density at radius 2 is 1.85 bits per heavy atom. The van der Waals surface area contributed by atoms with Crippen LogP contribution >= 0.6 is 22.6 Å². The van der Waals surface area contributed by atoms with Crippen molar-refractivity contribution in [3.63, 3.8) is 0 Å². The van der Waals surface area contributed by atoms with Gasteiger partial charge in [-0.1, -0.05) is 6.92 Å². The average Bonchev–Trinajstić information content (AvgIpc) is 2.61. The van der Waals surface area contributed by atoms with Crippen LogP contribution in [0.15, 0.2) is 47.4 Å². The Hall–Kier alpha value is -1.65. The molecule has 0 fully saturated rings. The van der Waals surface area contributed by atoms with Crippen LogP contribution in [0.2, 0.25) is 0 Å². The third-order valence-corrected chi connectivity index (χ3v) is 6.25. The molecule has 26 heavy (non-hydrogen) atoms. The molecule has 0 radical (unpaired) electrons. The molecular formula is C18H21IN2O4S. The SMILES string of the molecule is CCC(C)NS(=O)(=O)c1ccc(NC(=O)c2ccc(OC)c(I)c2)cc1. The molecule has 0 bridgehead atoms. The smallest absolute Gasteiger partial charge is 0.255 e. The first kappa shape index (κ1) is 20.7. The minimum Gasteiger partial charge on any atom is -0.496 e. The van der Waals surface area contributed by atoms with E-state index in [1.54, 1.807) is 37.4 Å². The molecule has 2 aromatic carbocycles. The molecular weight excluding hydrogens is 467 g/mol. The van der Waals surface area contributed by atoms with E-state index in [1.807, 2.05) is 13.8 Å². The molecule has 0 aliphatic heterocycles. The van der Waals surface area contributed by atoms with Crippen LogP contribution < -0.4 is 14.8 Å². The van der Waals surface area contributed by atoms with Crippen molar-refractivity contribution in [2.45, 2.75) is 31.2 Å². The maximum Gasteiger partial charge on any atom is 0.255 e. The van der Waals surface area contributed by atoms with E-state index >= 15 is 0 Å². The molecule has 0 aliphatic carbocycles. The lowest BCUT2D eigenvalue weighted by atomic mass is 10.2. The molecule has 0 saturated carbocycles. The number of ether oxygens (including phenoxy) is 1. The molecule has 0 aromatic heterocycles. The second-order valence-corrected chi connectivity index (χ2v) is 8.63. The summed E-state index contributed by atoms with van der Waals surface area (Å²) in [6, 6.07) is 11.1. The predicted molar refractivity (Wildman–Crippen MR) is 110 cm³/mol. The van der Waals surface area contributed by atoms with E-state index in [-0.39, 0.29) is 16.8 Å². The van der Waals surface area contributed by atoms with E-state index < -0.39 is 10.0 Å². The quantitative estimate of drug-likeness (QED) is 0.584. The minimum atomic E-state index is -3.56. The largest absolute Gasteiger partial charge is 0.496 e. The molecule has 0 spiro atoms. The number of anilines is 1. The number of sulfonamides is 1. The van der Waals surface area contributed by atoms with Crippen LogP contribution in [0.4, 0.5) is 5.69 Å². The molecule has 1 amide bonds. The van der Waals surface area contributed by atoms with Gasteiger partial charge in [-0.3, -0.25) is 4.79 Å². The Kier molecular flexibility index (Phi) is 7.01. The number of carbonyl (C=O) groups is 1. The lowest BCUT2D eigenvalue weighted by Gasteiger charge is -2.12. The summed E-state index contributed by atoms with van der Waals surface area (Å²) in [6.45, 7) is 3.72. The van der Waals surface area contributed by atoms with Crippen molar-refractivity contribution >= 4 is 44.2 Å². The number of methoxy groups -OCH3 is 1.